The fourth-order valence-corrected chi connectivity index (χ4v) is 3.32. The summed E-state index contributed by atoms with van der Waals surface area (Å²) < 4.78 is 28.4. The topological polar surface area (TPSA) is 0 Å². The Hall–Kier alpha value is -1.70. The largest absolute Gasteiger partial charge is 0.207 e. The van der Waals surface area contributed by atoms with E-state index in [9.17, 15) is 8.78 Å². The number of benzene rings is 2. The molecule has 0 saturated carbocycles. The van der Waals surface area contributed by atoms with Crippen LogP contribution in [0.3, 0.4) is 0 Å². The third-order valence-electron chi connectivity index (χ3n) is 5.04. The monoisotopic (exact) mass is 358 g/mol. The molecule has 0 heterocycles. The van der Waals surface area contributed by atoms with Gasteiger partial charge < -0.3 is 0 Å². The van der Waals surface area contributed by atoms with E-state index in [1.165, 1.54) is 0 Å². The van der Waals surface area contributed by atoms with Crippen LogP contribution in [0.15, 0.2) is 36.4 Å². The molecule has 0 aliphatic carbocycles. The van der Waals surface area contributed by atoms with Crippen LogP contribution in [0.1, 0.15) is 74.6 Å². The number of hydrogen-bond acceptors (Lipinski definition) is 0. The van der Waals surface area contributed by atoms with Gasteiger partial charge in [0.2, 0.25) is 0 Å². The number of rotatable bonds is 11. The molecular formula is C24H32F2. The maximum atomic E-state index is 14.2. The van der Waals surface area contributed by atoms with Gasteiger partial charge in [-0.25, -0.2) is 8.78 Å². The SMILES string of the molecule is CCCCCc1ccc(CCc2ccc(CCCCC)c(F)c2)cc1F. The third-order valence-corrected chi connectivity index (χ3v) is 5.04. The first-order chi connectivity index (χ1) is 12.6. The van der Waals surface area contributed by atoms with Crippen molar-refractivity contribution in [2.45, 2.75) is 78.1 Å². The van der Waals surface area contributed by atoms with Gasteiger partial charge in [-0.2, -0.15) is 0 Å². The molecule has 2 aromatic carbocycles. The Kier molecular flexibility index (Phi) is 8.80. The molecule has 26 heavy (non-hydrogen) atoms. The molecule has 0 spiro atoms. The van der Waals surface area contributed by atoms with Gasteiger partial charge in [0, 0.05) is 0 Å². The second kappa shape index (κ2) is 11.1. The quantitative estimate of drug-likeness (QED) is 0.372. The van der Waals surface area contributed by atoms with Crippen molar-refractivity contribution in [2.24, 2.45) is 0 Å². The zero-order chi connectivity index (χ0) is 18.8. The highest BCUT2D eigenvalue weighted by atomic mass is 19.1. The fraction of sp³-hybridized carbons (Fsp3) is 0.500. The van der Waals surface area contributed by atoms with E-state index in [-0.39, 0.29) is 11.6 Å². The molecule has 0 radical (unpaired) electrons. The van der Waals surface area contributed by atoms with Crippen molar-refractivity contribution < 1.29 is 8.78 Å². The number of unbranched alkanes of at least 4 members (excludes halogenated alkanes) is 4. The van der Waals surface area contributed by atoms with Gasteiger partial charge in [-0.15, -0.1) is 0 Å². The van der Waals surface area contributed by atoms with Gasteiger partial charge >= 0.3 is 0 Å². The van der Waals surface area contributed by atoms with E-state index in [1.54, 1.807) is 12.1 Å². The van der Waals surface area contributed by atoms with Crippen LogP contribution in [0.25, 0.3) is 0 Å². The summed E-state index contributed by atoms with van der Waals surface area (Å²) in [5, 5.41) is 0. The van der Waals surface area contributed by atoms with Crippen molar-refractivity contribution in [3.63, 3.8) is 0 Å². The highest BCUT2D eigenvalue weighted by Gasteiger charge is 2.06. The summed E-state index contributed by atoms with van der Waals surface area (Å²) >= 11 is 0. The molecule has 2 aromatic rings. The zero-order valence-corrected chi connectivity index (χ0v) is 16.3. The molecule has 0 unspecified atom stereocenters. The lowest BCUT2D eigenvalue weighted by Crippen LogP contribution is -1.98. The van der Waals surface area contributed by atoms with Crippen LogP contribution in [-0.4, -0.2) is 0 Å². The van der Waals surface area contributed by atoms with E-state index < -0.39 is 0 Å². The highest BCUT2D eigenvalue weighted by Crippen LogP contribution is 2.18. The average molecular weight is 359 g/mol. The van der Waals surface area contributed by atoms with Crippen molar-refractivity contribution >= 4 is 0 Å². The zero-order valence-electron chi connectivity index (χ0n) is 16.3. The van der Waals surface area contributed by atoms with Crippen molar-refractivity contribution in [3.05, 3.63) is 70.3 Å². The predicted octanol–water partition coefficient (Wildman–Crippen LogP) is 7.22. The third kappa shape index (κ3) is 6.55. The maximum Gasteiger partial charge on any atom is 0.126 e. The molecule has 0 aliphatic rings. The second-order valence-corrected chi connectivity index (χ2v) is 7.27. The summed E-state index contributed by atoms with van der Waals surface area (Å²) in [6, 6.07) is 11.2. The van der Waals surface area contributed by atoms with E-state index in [0.29, 0.717) is 0 Å². The van der Waals surface area contributed by atoms with E-state index in [2.05, 4.69) is 13.8 Å². The van der Waals surface area contributed by atoms with Crippen LogP contribution in [0.4, 0.5) is 8.78 Å². The van der Waals surface area contributed by atoms with E-state index in [0.717, 1.165) is 86.5 Å². The normalized spacial score (nSPS) is 11.1. The molecule has 0 fully saturated rings. The molecule has 0 bridgehead atoms. The van der Waals surface area contributed by atoms with Crippen LogP contribution in [0, 0.1) is 11.6 Å². The van der Waals surface area contributed by atoms with Gasteiger partial charge in [0.15, 0.2) is 0 Å². The van der Waals surface area contributed by atoms with Gasteiger partial charge in [0.05, 0.1) is 0 Å². The Morgan fingerprint density at radius 1 is 0.577 bits per heavy atom. The predicted molar refractivity (Wildman–Crippen MR) is 107 cm³/mol. The highest BCUT2D eigenvalue weighted by molar-refractivity contribution is 5.28. The Balaban J connectivity index is 1.89. The van der Waals surface area contributed by atoms with Crippen molar-refractivity contribution in [1.82, 2.24) is 0 Å². The summed E-state index contributed by atoms with van der Waals surface area (Å²) in [6.07, 6.45) is 9.74. The molecule has 0 aliphatic heterocycles. The van der Waals surface area contributed by atoms with Crippen LogP contribution in [-0.2, 0) is 25.7 Å². The molecule has 2 rings (SSSR count). The van der Waals surface area contributed by atoms with Gasteiger partial charge in [-0.1, -0.05) is 63.8 Å². The molecule has 0 atom stereocenters. The average Bonchev–Trinajstić information content (AvgIpc) is 2.63. The van der Waals surface area contributed by atoms with Gasteiger partial charge in [-0.05, 0) is 72.9 Å². The Bertz CT molecular complexity index is 616. The standard InChI is InChI=1S/C24H32F2/c1-3-5-7-9-21-15-13-19(17-23(21)25)11-12-20-14-16-22(24(26)18-20)10-8-6-4-2/h13-18H,3-12H2,1-2H3. The van der Waals surface area contributed by atoms with Crippen LogP contribution >= 0.6 is 0 Å². The first-order valence-electron chi connectivity index (χ1n) is 10.2. The van der Waals surface area contributed by atoms with E-state index in [1.807, 2.05) is 24.3 Å². The second-order valence-electron chi connectivity index (χ2n) is 7.27. The minimum atomic E-state index is -0.101. The molecule has 2 heteroatoms. The first kappa shape index (κ1) is 20.6. The number of aryl methyl sites for hydroxylation is 4. The number of halogens is 2. The summed E-state index contributed by atoms with van der Waals surface area (Å²) in [7, 11) is 0. The fourth-order valence-electron chi connectivity index (χ4n) is 3.32. The minimum absolute atomic E-state index is 0.101. The van der Waals surface area contributed by atoms with Crippen LogP contribution < -0.4 is 0 Å². The number of hydrogen-bond donors (Lipinski definition) is 0. The summed E-state index contributed by atoms with van der Waals surface area (Å²) in [5.41, 5.74) is 3.58. The minimum Gasteiger partial charge on any atom is -0.207 e. The van der Waals surface area contributed by atoms with Gasteiger partial charge in [0.25, 0.3) is 0 Å². The molecule has 0 saturated heterocycles. The summed E-state index contributed by atoms with van der Waals surface area (Å²) in [4.78, 5) is 0. The summed E-state index contributed by atoms with van der Waals surface area (Å²) in [6.45, 7) is 4.31. The molecule has 142 valence electrons. The van der Waals surface area contributed by atoms with Gasteiger partial charge in [0.1, 0.15) is 11.6 Å². The molecular weight excluding hydrogens is 326 g/mol. The first-order valence-corrected chi connectivity index (χ1v) is 10.2. The van der Waals surface area contributed by atoms with Crippen molar-refractivity contribution in [2.75, 3.05) is 0 Å². The van der Waals surface area contributed by atoms with E-state index >= 15 is 0 Å². The Labute approximate surface area is 157 Å². The molecule has 0 nitrogen and oxygen atoms in total. The van der Waals surface area contributed by atoms with Crippen LogP contribution in [0.5, 0.6) is 0 Å². The van der Waals surface area contributed by atoms with Crippen molar-refractivity contribution in [3.8, 4) is 0 Å². The van der Waals surface area contributed by atoms with Crippen LogP contribution in [0.2, 0.25) is 0 Å². The van der Waals surface area contributed by atoms with Crippen molar-refractivity contribution in [1.29, 1.82) is 0 Å². The van der Waals surface area contributed by atoms with Gasteiger partial charge in [-0.3, -0.25) is 0 Å². The van der Waals surface area contributed by atoms with E-state index in [4.69, 9.17) is 0 Å². The lowest BCUT2D eigenvalue weighted by Gasteiger charge is -2.08. The molecule has 0 N–H and O–H groups in total. The molecule has 0 amide bonds. The lowest BCUT2D eigenvalue weighted by atomic mass is 9.99. The maximum absolute atomic E-state index is 14.2. The Morgan fingerprint density at radius 3 is 1.35 bits per heavy atom. The lowest BCUT2D eigenvalue weighted by molar-refractivity contribution is 0.594. The smallest absolute Gasteiger partial charge is 0.126 e. The summed E-state index contributed by atoms with van der Waals surface area (Å²) in [5.74, 6) is -0.202. The Morgan fingerprint density at radius 2 is 1.00 bits per heavy atom. The molecule has 0 aromatic heterocycles.